The van der Waals surface area contributed by atoms with Crippen molar-refractivity contribution in [1.82, 2.24) is 14.9 Å². The number of hydrogen-bond acceptors (Lipinski definition) is 5. The molecule has 7 nitrogen and oxygen atoms in total. The van der Waals surface area contributed by atoms with Crippen LogP contribution >= 0.6 is 23.2 Å². The Labute approximate surface area is 246 Å². The molecule has 0 saturated carbocycles. The molecule has 2 N–H and O–H groups in total. The third-order valence-electron chi connectivity index (χ3n) is 7.32. The average Bonchev–Trinajstić information content (AvgIpc) is 2.96. The first-order valence-electron chi connectivity index (χ1n) is 13.2. The molecule has 3 aromatic carbocycles. The Morgan fingerprint density at radius 2 is 1.60 bits per heavy atom. The quantitative estimate of drug-likeness (QED) is 0.311. The molecule has 1 amide bonds. The Kier molecular flexibility index (Phi) is 10.6. The fourth-order valence-electron chi connectivity index (χ4n) is 4.98. The standard InChI is InChI=1S/C30H35Cl2N3O4S/c1-40(37,38)34-22-30(25-10-6-3-7-11-25)14-16-35(17-15-30)29(36)28(21-39-20-23-8-4-2-5-9-23)33-19-24-12-13-26(31)27(32)18-24/h2-13,18,28,33-34H,14-17,19-22H2,1H3/t28-/m0/s1. The van der Waals surface area contributed by atoms with Crippen molar-refractivity contribution in [3.63, 3.8) is 0 Å². The molecule has 1 aliphatic rings. The number of sulfonamides is 1. The fraction of sp³-hybridized carbons (Fsp3) is 0.367. The number of ether oxygens (including phenoxy) is 1. The van der Waals surface area contributed by atoms with E-state index < -0.39 is 21.5 Å². The van der Waals surface area contributed by atoms with E-state index in [0.717, 1.165) is 16.7 Å². The molecular formula is C30H35Cl2N3O4S. The zero-order chi connectivity index (χ0) is 28.6. The van der Waals surface area contributed by atoms with Gasteiger partial charge < -0.3 is 9.64 Å². The molecule has 0 bridgehead atoms. The summed E-state index contributed by atoms with van der Waals surface area (Å²) in [5, 5.41) is 4.29. The largest absolute Gasteiger partial charge is 0.375 e. The second-order valence-corrected chi connectivity index (χ2v) is 12.9. The summed E-state index contributed by atoms with van der Waals surface area (Å²) in [4.78, 5) is 15.6. The monoisotopic (exact) mass is 603 g/mol. The summed E-state index contributed by atoms with van der Waals surface area (Å²) in [6, 6.07) is 24.6. The van der Waals surface area contributed by atoms with Gasteiger partial charge in [-0.25, -0.2) is 13.1 Å². The molecule has 40 heavy (non-hydrogen) atoms. The van der Waals surface area contributed by atoms with Crippen LogP contribution in [0.25, 0.3) is 0 Å². The van der Waals surface area contributed by atoms with E-state index in [4.69, 9.17) is 27.9 Å². The molecule has 1 aliphatic heterocycles. The minimum Gasteiger partial charge on any atom is -0.375 e. The van der Waals surface area contributed by atoms with E-state index in [1.54, 1.807) is 12.1 Å². The maximum Gasteiger partial charge on any atom is 0.242 e. The van der Waals surface area contributed by atoms with Crippen LogP contribution in [0.1, 0.15) is 29.5 Å². The van der Waals surface area contributed by atoms with Crippen molar-refractivity contribution in [1.29, 1.82) is 0 Å². The van der Waals surface area contributed by atoms with Crippen LogP contribution in [0.2, 0.25) is 10.0 Å². The number of halogens is 2. The maximum absolute atomic E-state index is 13.8. The molecule has 0 spiro atoms. The summed E-state index contributed by atoms with van der Waals surface area (Å²) in [6.07, 6.45) is 2.44. The highest BCUT2D eigenvalue weighted by Gasteiger charge is 2.39. The van der Waals surface area contributed by atoms with Crippen LogP contribution in [0.4, 0.5) is 0 Å². The SMILES string of the molecule is CS(=O)(=O)NCC1(c2ccccc2)CCN(C(=O)[C@H](COCc2ccccc2)NCc2ccc(Cl)c(Cl)c2)CC1. The second-order valence-electron chi connectivity index (χ2n) is 10.2. The van der Waals surface area contributed by atoms with Crippen molar-refractivity contribution >= 4 is 39.1 Å². The summed E-state index contributed by atoms with van der Waals surface area (Å²) in [6.45, 7) is 2.31. The summed E-state index contributed by atoms with van der Waals surface area (Å²) >= 11 is 12.3. The second kappa shape index (κ2) is 13.9. The minimum absolute atomic E-state index is 0.0501. The van der Waals surface area contributed by atoms with Crippen LogP contribution in [-0.2, 0) is 38.1 Å². The predicted molar refractivity (Wildman–Crippen MR) is 160 cm³/mol. The van der Waals surface area contributed by atoms with Gasteiger partial charge in [0.25, 0.3) is 0 Å². The van der Waals surface area contributed by atoms with Gasteiger partial charge in [-0.2, -0.15) is 0 Å². The van der Waals surface area contributed by atoms with Crippen LogP contribution in [0.3, 0.4) is 0 Å². The molecule has 0 aliphatic carbocycles. The van der Waals surface area contributed by atoms with E-state index >= 15 is 0 Å². The van der Waals surface area contributed by atoms with Crippen LogP contribution in [0, 0.1) is 0 Å². The molecule has 0 radical (unpaired) electrons. The number of benzene rings is 3. The maximum atomic E-state index is 13.8. The van der Waals surface area contributed by atoms with Gasteiger partial charge in [-0.1, -0.05) is 89.9 Å². The van der Waals surface area contributed by atoms with E-state index in [0.29, 0.717) is 49.1 Å². The van der Waals surface area contributed by atoms with E-state index in [1.807, 2.05) is 71.6 Å². The molecule has 1 atom stereocenters. The first-order valence-corrected chi connectivity index (χ1v) is 15.9. The Morgan fingerprint density at radius 1 is 0.950 bits per heavy atom. The molecule has 10 heteroatoms. The zero-order valence-corrected chi connectivity index (χ0v) is 24.8. The number of nitrogens with one attached hydrogen (secondary N) is 2. The lowest BCUT2D eigenvalue weighted by Gasteiger charge is -2.43. The van der Waals surface area contributed by atoms with Crippen molar-refractivity contribution in [2.75, 3.05) is 32.5 Å². The van der Waals surface area contributed by atoms with Crippen LogP contribution in [-0.4, -0.2) is 57.8 Å². The minimum atomic E-state index is -3.36. The Hall–Kier alpha value is -2.46. The van der Waals surface area contributed by atoms with Crippen LogP contribution in [0.5, 0.6) is 0 Å². The third kappa shape index (κ3) is 8.52. The predicted octanol–water partition coefficient (Wildman–Crippen LogP) is 4.78. The first kappa shape index (κ1) is 30.5. The Bertz CT molecular complexity index is 1370. The highest BCUT2D eigenvalue weighted by Crippen LogP contribution is 2.35. The highest BCUT2D eigenvalue weighted by molar-refractivity contribution is 7.88. The van der Waals surface area contributed by atoms with Gasteiger partial charge in [0.05, 0.1) is 29.5 Å². The lowest BCUT2D eigenvalue weighted by atomic mass is 9.73. The van der Waals surface area contributed by atoms with Gasteiger partial charge in [-0.3, -0.25) is 10.1 Å². The summed E-state index contributed by atoms with van der Waals surface area (Å²) in [5.74, 6) is -0.0501. The molecule has 1 saturated heterocycles. The molecule has 214 valence electrons. The van der Waals surface area contributed by atoms with Gasteiger partial charge in [0, 0.05) is 31.6 Å². The topological polar surface area (TPSA) is 87.7 Å². The van der Waals surface area contributed by atoms with Gasteiger partial charge in [0.15, 0.2) is 0 Å². The molecule has 1 heterocycles. The average molecular weight is 605 g/mol. The van der Waals surface area contributed by atoms with Crippen molar-refractivity contribution in [2.45, 2.75) is 37.5 Å². The van der Waals surface area contributed by atoms with E-state index in [1.165, 1.54) is 6.26 Å². The summed E-state index contributed by atoms with van der Waals surface area (Å²) in [5.41, 5.74) is 2.61. The number of carbonyl (C=O) groups is 1. The Balaban J connectivity index is 1.45. The van der Waals surface area contributed by atoms with Crippen molar-refractivity contribution in [3.05, 3.63) is 106 Å². The van der Waals surface area contributed by atoms with E-state index in [-0.39, 0.29) is 19.1 Å². The lowest BCUT2D eigenvalue weighted by Crippen LogP contribution is -2.55. The third-order valence-corrected chi connectivity index (χ3v) is 8.73. The molecule has 0 aromatic heterocycles. The molecule has 3 aromatic rings. The van der Waals surface area contributed by atoms with E-state index in [2.05, 4.69) is 10.0 Å². The number of rotatable bonds is 12. The molecule has 1 fully saturated rings. The molecule has 4 rings (SSSR count). The number of likely N-dealkylation sites (tertiary alicyclic amines) is 1. The van der Waals surface area contributed by atoms with E-state index in [9.17, 15) is 13.2 Å². The van der Waals surface area contributed by atoms with Gasteiger partial charge >= 0.3 is 0 Å². The number of nitrogens with zero attached hydrogens (tertiary/aromatic N) is 1. The normalized spacial score (nSPS) is 16.0. The summed E-state index contributed by atoms with van der Waals surface area (Å²) in [7, 11) is -3.36. The van der Waals surface area contributed by atoms with Gasteiger partial charge in [-0.15, -0.1) is 0 Å². The van der Waals surface area contributed by atoms with Crippen molar-refractivity contribution in [3.8, 4) is 0 Å². The lowest BCUT2D eigenvalue weighted by molar-refractivity contribution is -0.137. The number of hydrogen-bond donors (Lipinski definition) is 2. The highest BCUT2D eigenvalue weighted by atomic mass is 35.5. The zero-order valence-electron chi connectivity index (χ0n) is 22.5. The number of amides is 1. The fourth-order valence-corrected chi connectivity index (χ4v) is 5.84. The molecule has 0 unspecified atom stereocenters. The van der Waals surface area contributed by atoms with Crippen molar-refractivity contribution in [2.24, 2.45) is 0 Å². The van der Waals surface area contributed by atoms with Gasteiger partial charge in [0.1, 0.15) is 6.04 Å². The van der Waals surface area contributed by atoms with Crippen molar-refractivity contribution < 1.29 is 17.9 Å². The Morgan fingerprint density at radius 3 is 2.23 bits per heavy atom. The molecular weight excluding hydrogens is 569 g/mol. The van der Waals surface area contributed by atoms with Crippen LogP contribution in [0.15, 0.2) is 78.9 Å². The number of carbonyl (C=O) groups excluding carboxylic acids is 1. The summed E-state index contributed by atoms with van der Waals surface area (Å²) < 4.78 is 32.5. The van der Waals surface area contributed by atoms with Gasteiger partial charge in [-0.05, 0) is 41.7 Å². The smallest absolute Gasteiger partial charge is 0.242 e. The first-order chi connectivity index (χ1) is 19.2. The number of piperidine rings is 1. The van der Waals surface area contributed by atoms with Gasteiger partial charge in [0.2, 0.25) is 15.9 Å². The van der Waals surface area contributed by atoms with Crippen LogP contribution < -0.4 is 10.0 Å².